The number of urea groups is 1. The van der Waals surface area contributed by atoms with Crippen molar-refractivity contribution in [2.75, 3.05) is 32.7 Å². The predicted molar refractivity (Wildman–Crippen MR) is 129 cm³/mol. The maximum atomic E-state index is 13.5. The number of hydrogen-bond acceptors (Lipinski definition) is 4. The van der Waals surface area contributed by atoms with Crippen molar-refractivity contribution >= 4 is 11.9 Å². The predicted octanol–water partition coefficient (Wildman–Crippen LogP) is 3.28. The summed E-state index contributed by atoms with van der Waals surface area (Å²) in [5.41, 5.74) is 1.91. The zero-order valence-corrected chi connectivity index (χ0v) is 19.3. The first-order valence-corrected chi connectivity index (χ1v) is 12.3. The van der Waals surface area contributed by atoms with Gasteiger partial charge in [0.2, 0.25) is 0 Å². The lowest BCUT2D eigenvalue weighted by Crippen LogP contribution is -2.56. The van der Waals surface area contributed by atoms with Crippen LogP contribution in [0.2, 0.25) is 0 Å². The number of nitrogens with zero attached hydrogens (tertiary/aromatic N) is 3. The van der Waals surface area contributed by atoms with Gasteiger partial charge in [-0.15, -0.1) is 0 Å². The molecule has 6 heteroatoms. The van der Waals surface area contributed by atoms with E-state index in [1.807, 2.05) is 12.1 Å². The molecule has 3 amide bonds. The third-order valence-corrected chi connectivity index (χ3v) is 7.56. The monoisotopic (exact) mass is 446 g/mol. The maximum absolute atomic E-state index is 13.5. The minimum atomic E-state index is -0.706. The van der Waals surface area contributed by atoms with Crippen LogP contribution in [0.15, 0.2) is 60.7 Å². The van der Waals surface area contributed by atoms with Crippen LogP contribution >= 0.6 is 0 Å². The summed E-state index contributed by atoms with van der Waals surface area (Å²) in [6.45, 7) is 5.31. The molecule has 3 fully saturated rings. The number of hydrogen-bond donors (Lipinski definition) is 1. The van der Waals surface area contributed by atoms with E-state index in [9.17, 15) is 9.59 Å². The number of amides is 3. The molecule has 6 nitrogen and oxygen atoms in total. The van der Waals surface area contributed by atoms with Crippen LogP contribution in [0.5, 0.6) is 0 Å². The molecular weight excluding hydrogens is 412 g/mol. The second-order valence-electron chi connectivity index (χ2n) is 9.78. The first-order chi connectivity index (χ1) is 16.1. The normalized spacial score (nSPS) is 23.8. The van der Waals surface area contributed by atoms with Gasteiger partial charge in [-0.05, 0) is 49.8 Å². The van der Waals surface area contributed by atoms with Crippen LogP contribution < -0.4 is 5.32 Å². The Morgan fingerprint density at radius 2 is 1.52 bits per heavy atom. The van der Waals surface area contributed by atoms with Crippen molar-refractivity contribution in [1.82, 2.24) is 20.0 Å². The summed E-state index contributed by atoms with van der Waals surface area (Å²) in [6, 6.07) is 20.7. The molecule has 3 heterocycles. The fourth-order valence-corrected chi connectivity index (χ4v) is 5.63. The number of carbonyl (C=O) groups excluding carboxylic acids is 2. The maximum Gasteiger partial charge on any atom is 0.325 e. The number of piperidine rings is 2. The van der Waals surface area contributed by atoms with E-state index in [2.05, 4.69) is 63.6 Å². The zero-order valence-electron chi connectivity index (χ0n) is 19.3. The summed E-state index contributed by atoms with van der Waals surface area (Å²) in [4.78, 5) is 32.9. The molecule has 1 spiro atoms. The summed E-state index contributed by atoms with van der Waals surface area (Å²) in [6.07, 6.45) is 4.31. The van der Waals surface area contributed by atoms with Crippen molar-refractivity contribution in [1.29, 1.82) is 0 Å². The van der Waals surface area contributed by atoms with Crippen LogP contribution in [0.1, 0.15) is 36.8 Å². The molecule has 0 aliphatic carbocycles. The summed E-state index contributed by atoms with van der Waals surface area (Å²) in [5, 5.41) is 3.12. The largest absolute Gasteiger partial charge is 0.325 e. The Hall–Kier alpha value is -2.70. The number of nitrogens with one attached hydrogen (secondary N) is 1. The van der Waals surface area contributed by atoms with E-state index in [1.165, 1.54) is 11.1 Å². The molecule has 3 aliphatic rings. The lowest BCUT2D eigenvalue weighted by molar-refractivity contribution is -0.135. The Balaban J connectivity index is 1.18. The number of imide groups is 1. The highest BCUT2D eigenvalue weighted by Crippen LogP contribution is 2.32. The molecule has 5 rings (SSSR count). The van der Waals surface area contributed by atoms with E-state index in [0.717, 1.165) is 58.5 Å². The van der Waals surface area contributed by atoms with Gasteiger partial charge < -0.3 is 10.2 Å². The number of likely N-dealkylation sites (tertiary alicyclic amines) is 2. The van der Waals surface area contributed by atoms with Crippen molar-refractivity contribution in [2.24, 2.45) is 0 Å². The van der Waals surface area contributed by atoms with Crippen LogP contribution in [0.25, 0.3) is 0 Å². The lowest BCUT2D eigenvalue weighted by atomic mass is 9.87. The second-order valence-corrected chi connectivity index (χ2v) is 9.78. The second kappa shape index (κ2) is 9.65. The number of carbonyl (C=O) groups is 2. The summed E-state index contributed by atoms with van der Waals surface area (Å²) >= 11 is 0. The van der Waals surface area contributed by atoms with Gasteiger partial charge in [-0.3, -0.25) is 14.6 Å². The molecule has 1 N–H and O–H groups in total. The van der Waals surface area contributed by atoms with Crippen LogP contribution in [0.3, 0.4) is 0 Å². The Bertz CT molecular complexity index is 957. The Kier molecular flexibility index (Phi) is 6.47. The van der Waals surface area contributed by atoms with Gasteiger partial charge >= 0.3 is 6.03 Å². The van der Waals surface area contributed by atoms with E-state index in [-0.39, 0.29) is 18.0 Å². The number of benzene rings is 2. The number of rotatable bonds is 6. The molecule has 33 heavy (non-hydrogen) atoms. The van der Waals surface area contributed by atoms with Gasteiger partial charge in [-0.1, -0.05) is 60.7 Å². The molecule has 3 saturated heterocycles. The van der Waals surface area contributed by atoms with E-state index >= 15 is 0 Å². The highest BCUT2D eigenvalue weighted by molar-refractivity contribution is 6.07. The van der Waals surface area contributed by atoms with E-state index in [0.29, 0.717) is 12.8 Å². The van der Waals surface area contributed by atoms with Gasteiger partial charge in [0.1, 0.15) is 5.54 Å². The molecule has 0 radical (unpaired) electrons. The quantitative estimate of drug-likeness (QED) is 0.692. The van der Waals surface area contributed by atoms with Crippen LogP contribution in [-0.4, -0.2) is 70.9 Å². The fraction of sp³-hybridized carbons (Fsp3) is 0.481. The average molecular weight is 447 g/mol. The minimum absolute atomic E-state index is 0.00164. The van der Waals surface area contributed by atoms with E-state index in [4.69, 9.17) is 0 Å². The molecule has 0 saturated carbocycles. The van der Waals surface area contributed by atoms with Gasteiger partial charge in [-0.25, -0.2) is 4.79 Å². The summed E-state index contributed by atoms with van der Waals surface area (Å²) in [7, 11) is 0. The van der Waals surface area contributed by atoms with Gasteiger partial charge in [0.15, 0.2) is 0 Å². The smallest absolute Gasteiger partial charge is 0.323 e. The summed E-state index contributed by atoms with van der Waals surface area (Å²) in [5.74, 6) is 0.00164. The van der Waals surface area contributed by atoms with Crippen molar-refractivity contribution < 1.29 is 9.59 Å². The Morgan fingerprint density at radius 1 is 0.848 bits per heavy atom. The lowest BCUT2D eigenvalue weighted by Gasteiger charge is -2.39. The summed E-state index contributed by atoms with van der Waals surface area (Å²) < 4.78 is 0. The van der Waals surface area contributed by atoms with E-state index < -0.39 is 5.54 Å². The van der Waals surface area contributed by atoms with Crippen molar-refractivity contribution in [3.05, 3.63) is 71.8 Å². The van der Waals surface area contributed by atoms with Crippen molar-refractivity contribution in [3.63, 3.8) is 0 Å². The highest BCUT2D eigenvalue weighted by atomic mass is 16.2. The topological polar surface area (TPSA) is 55.9 Å². The Morgan fingerprint density at radius 3 is 2.21 bits per heavy atom. The molecule has 0 aromatic heterocycles. The average Bonchev–Trinajstić information content (AvgIpc) is 3.09. The SMILES string of the molecule is O=C1NC2(CCN(CCc3ccccc3)CC2)C(=O)N1C1CCCN(Cc2ccccc2)C1. The molecular formula is C27H34N4O2. The third-order valence-electron chi connectivity index (χ3n) is 7.56. The molecule has 0 bridgehead atoms. The molecule has 1 atom stereocenters. The Labute approximate surface area is 196 Å². The van der Waals surface area contributed by atoms with Crippen molar-refractivity contribution in [3.8, 4) is 0 Å². The highest BCUT2D eigenvalue weighted by Gasteiger charge is 2.54. The van der Waals surface area contributed by atoms with Gasteiger partial charge in [-0.2, -0.15) is 0 Å². The van der Waals surface area contributed by atoms with Gasteiger partial charge in [0.05, 0.1) is 6.04 Å². The standard InChI is InChI=1S/C27H34N4O2/c32-25-27(14-18-29(19-15-27)17-13-22-8-3-1-4-9-22)28-26(33)31(25)24-12-7-16-30(21-24)20-23-10-5-2-6-11-23/h1-6,8-11,24H,7,12-21H2,(H,28,33). The fourth-order valence-electron chi connectivity index (χ4n) is 5.63. The third kappa shape index (κ3) is 4.82. The first-order valence-electron chi connectivity index (χ1n) is 12.3. The molecule has 3 aliphatic heterocycles. The molecule has 2 aromatic carbocycles. The molecule has 1 unspecified atom stereocenters. The van der Waals surface area contributed by atoms with Gasteiger partial charge in [0, 0.05) is 32.7 Å². The van der Waals surface area contributed by atoms with Gasteiger partial charge in [0.25, 0.3) is 5.91 Å². The van der Waals surface area contributed by atoms with Crippen LogP contribution in [0, 0.1) is 0 Å². The zero-order chi connectivity index (χ0) is 22.7. The van der Waals surface area contributed by atoms with Crippen LogP contribution in [0.4, 0.5) is 4.79 Å². The van der Waals surface area contributed by atoms with Crippen molar-refractivity contribution in [2.45, 2.75) is 50.2 Å². The minimum Gasteiger partial charge on any atom is -0.323 e. The molecule has 2 aromatic rings. The van der Waals surface area contributed by atoms with Crippen LogP contribution in [-0.2, 0) is 17.8 Å². The van der Waals surface area contributed by atoms with E-state index in [1.54, 1.807) is 4.90 Å². The first kappa shape index (κ1) is 22.1. The molecule has 174 valence electrons.